The number of nitrogens with zero attached hydrogens (tertiary/aromatic N) is 4. The van der Waals surface area contributed by atoms with E-state index in [0.29, 0.717) is 40.4 Å². The standard InChI is InChI=1S/C29H30ClN5O4S/c1-38-20-11-10-19(22(15-20)39-2)17-35-26(37)23-25(33-27(35)29(30)12-13-29)40-28(32-23)34-14-6-9-21(34)24(36)31-16-18-7-4-3-5-8-18/h3-5,7-8,10-11,15,21H,6,9,12-14,16-17H2,1-2H3,(H,31,36)/t21-/m1/s1. The minimum atomic E-state index is -0.676. The normalized spacial score (nSPS) is 17.7. The quantitative estimate of drug-likeness (QED) is 0.293. The number of amides is 1. The number of methoxy groups -OCH3 is 2. The molecule has 0 bridgehead atoms. The number of anilines is 1. The van der Waals surface area contributed by atoms with Crippen molar-refractivity contribution in [3.8, 4) is 11.5 Å². The number of carbonyl (C=O) groups excluding carboxylic acids is 1. The molecule has 208 valence electrons. The van der Waals surface area contributed by atoms with Gasteiger partial charge >= 0.3 is 0 Å². The highest BCUT2D eigenvalue weighted by atomic mass is 35.5. The predicted octanol–water partition coefficient (Wildman–Crippen LogP) is 4.43. The van der Waals surface area contributed by atoms with Gasteiger partial charge in [-0.05, 0) is 43.4 Å². The molecule has 1 N–H and O–H groups in total. The second-order valence-electron chi connectivity index (χ2n) is 10.2. The zero-order valence-corrected chi connectivity index (χ0v) is 23.9. The van der Waals surface area contributed by atoms with Gasteiger partial charge in [0.15, 0.2) is 15.5 Å². The van der Waals surface area contributed by atoms with Gasteiger partial charge in [0, 0.05) is 24.7 Å². The minimum Gasteiger partial charge on any atom is -0.497 e. The van der Waals surface area contributed by atoms with Crippen molar-refractivity contribution in [2.75, 3.05) is 25.7 Å². The van der Waals surface area contributed by atoms with Crippen molar-refractivity contribution in [3.63, 3.8) is 0 Å². The number of halogens is 1. The zero-order valence-electron chi connectivity index (χ0n) is 22.4. The SMILES string of the molecule is COc1ccc(Cn2c(C3(Cl)CC3)nc3sc(N4CCC[C@@H]4C(=O)NCc4ccccc4)nc3c2=O)c(OC)c1. The smallest absolute Gasteiger partial charge is 0.281 e. The van der Waals surface area contributed by atoms with Crippen molar-refractivity contribution in [3.05, 3.63) is 75.8 Å². The van der Waals surface area contributed by atoms with Crippen LogP contribution < -0.4 is 25.2 Å². The summed E-state index contributed by atoms with van der Waals surface area (Å²) < 4.78 is 12.5. The van der Waals surface area contributed by atoms with Gasteiger partial charge in [-0.15, -0.1) is 11.6 Å². The summed E-state index contributed by atoms with van der Waals surface area (Å²) in [5, 5.41) is 3.68. The fourth-order valence-electron chi connectivity index (χ4n) is 5.17. The van der Waals surface area contributed by atoms with Crippen molar-refractivity contribution in [2.24, 2.45) is 0 Å². The Morgan fingerprint density at radius 1 is 1.15 bits per heavy atom. The van der Waals surface area contributed by atoms with Gasteiger partial charge in [0.1, 0.15) is 28.2 Å². The first-order valence-corrected chi connectivity index (χ1v) is 14.5. The van der Waals surface area contributed by atoms with E-state index < -0.39 is 4.87 Å². The number of carbonyl (C=O) groups is 1. The fourth-order valence-corrected chi connectivity index (χ4v) is 6.41. The average Bonchev–Trinajstić information content (AvgIpc) is 3.36. The van der Waals surface area contributed by atoms with Gasteiger partial charge < -0.3 is 19.7 Å². The molecule has 1 aliphatic heterocycles. The summed E-state index contributed by atoms with van der Waals surface area (Å²) in [6, 6.07) is 15.0. The van der Waals surface area contributed by atoms with Gasteiger partial charge in [0.2, 0.25) is 5.91 Å². The first kappa shape index (κ1) is 26.6. The molecule has 3 heterocycles. The summed E-state index contributed by atoms with van der Waals surface area (Å²) in [5.41, 5.74) is 1.88. The van der Waals surface area contributed by atoms with Crippen LogP contribution in [0.1, 0.15) is 42.6 Å². The number of benzene rings is 2. The molecule has 1 atom stereocenters. The number of alkyl halides is 1. The van der Waals surface area contributed by atoms with Gasteiger partial charge in [-0.1, -0.05) is 41.7 Å². The topological polar surface area (TPSA) is 98.6 Å². The lowest BCUT2D eigenvalue weighted by atomic mass is 10.1. The van der Waals surface area contributed by atoms with Crippen LogP contribution >= 0.6 is 22.9 Å². The number of fused-ring (bicyclic) bond motifs is 1. The molecule has 0 radical (unpaired) electrons. The summed E-state index contributed by atoms with van der Waals surface area (Å²) >= 11 is 8.21. The van der Waals surface area contributed by atoms with E-state index in [0.717, 1.165) is 36.8 Å². The minimum absolute atomic E-state index is 0.0454. The third kappa shape index (κ3) is 5.01. The van der Waals surface area contributed by atoms with Crippen LogP contribution in [0.3, 0.4) is 0 Å². The lowest BCUT2D eigenvalue weighted by molar-refractivity contribution is -0.122. The van der Waals surface area contributed by atoms with E-state index in [2.05, 4.69) is 5.32 Å². The Balaban J connectivity index is 1.33. The van der Waals surface area contributed by atoms with Crippen LogP contribution in [0.5, 0.6) is 11.5 Å². The Labute approximate surface area is 240 Å². The van der Waals surface area contributed by atoms with Crippen LogP contribution in [0.25, 0.3) is 10.3 Å². The zero-order chi connectivity index (χ0) is 27.9. The highest BCUT2D eigenvalue weighted by Crippen LogP contribution is 2.51. The molecule has 2 aromatic carbocycles. The van der Waals surface area contributed by atoms with E-state index in [4.69, 9.17) is 31.0 Å². The number of rotatable bonds is 9. The molecular formula is C29H30ClN5O4S. The van der Waals surface area contributed by atoms with E-state index in [9.17, 15) is 9.59 Å². The maximum atomic E-state index is 13.9. The monoisotopic (exact) mass is 579 g/mol. The van der Waals surface area contributed by atoms with Gasteiger partial charge in [-0.3, -0.25) is 14.2 Å². The van der Waals surface area contributed by atoms with Crippen LogP contribution in [0.2, 0.25) is 0 Å². The predicted molar refractivity (Wildman–Crippen MR) is 156 cm³/mol. The number of thiazole rings is 1. The third-order valence-electron chi connectivity index (χ3n) is 7.53. The maximum Gasteiger partial charge on any atom is 0.281 e. The van der Waals surface area contributed by atoms with Gasteiger partial charge in [-0.25, -0.2) is 9.97 Å². The molecular weight excluding hydrogens is 550 g/mol. The van der Waals surface area contributed by atoms with Gasteiger partial charge in [0.25, 0.3) is 5.56 Å². The second-order valence-corrected chi connectivity index (χ2v) is 11.9. The first-order chi connectivity index (χ1) is 19.4. The van der Waals surface area contributed by atoms with E-state index in [-0.39, 0.29) is 29.6 Å². The lowest BCUT2D eigenvalue weighted by Gasteiger charge is -2.23. The molecule has 2 fully saturated rings. The Bertz CT molecular complexity index is 1620. The van der Waals surface area contributed by atoms with Crippen LogP contribution in [0.15, 0.2) is 53.3 Å². The van der Waals surface area contributed by atoms with Gasteiger partial charge in [-0.2, -0.15) is 0 Å². The van der Waals surface area contributed by atoms with Crippen molar-refractivity contribution < 1.29 is 14.3 Å². The Hall–Kier alpha value is -3.63. The summed E-state index contributed by atoms with van der Waals surface area (Å²) in [6.45, 7) is 1.39. The molecule has 1 aliphatic carbocycles. The van der Waals surface area contributed by atoms with E-state index in [1.54, 1.807) is 24.9 Å². The first-order valence-electron chi connectivity index (χ1n) is 13.3. The largest absolute Gasteiger partial charge is 0.497 e. The highest BCUT2D eigenvalue weighted by molar-refractivity contribution is 7.21. The van der Waals surface area contributed by atoms with Crippen molar-refractivity contribution in [1.82, 2.24) is 19.9 Å². The summed E-state index contributed by atoms with van der Waals surface area (Å²) in [4.78, 5) is 38.5. The molecule has 1 saturated heterocycles. The maximum absolute atomic E-state index is 13.9. The third-order valence-corrected chi connectivity index (χ3v) is 9.07. The number of aromatic nitrogens is 3. The van der Waals surface area contributed by atoms with Crippen molar-refractivity contribution in [2.45, 2.75) is 49.7 Å². The number of hydrogen-bond acceptors (Lipinski definition) is 8. The van der Waals surface area contributed by atoms with Crippen LogP contribution in [0, 0.1) is 0 Å². The molecule has 1 amide bonds. The highest BCUT2D eigenvalue weighted by Gasteiger charge is 2.47. The molecule has 2 aromatic heterocycles. The lowest BCUT2D eigenvalue weighted by Crippen LogP contribution is -2.43. The number of ether oxygens (including phenoxy) is 2. The molecule has 2 aliphatic rings. The van der Waals surface area contributed by atoms with Crippen LogP contribution in [-0.2, 0) is 22.8 Å². The molecule has 1 saturated carbocycles. The van der Waals surface area contributed by atoms with Crippen LogP contribution in [0.4, 0.5) is 5.13 Å². The summed E-state index contributed by atoms with van der Waals surface area (Å²) in [6.07, 6.45) is 3.08. The Morgan fingerprint density at radius 2 is 1.95 bits per heavy atom. The van der Waals surface area contributed by atoms with E-state index >= 15 is 0 Å². The van der Waals surface area contributed by atoms with Crippen LogP contribution in [-0.4, -0.2) is 47.2 Å². The molecule has 40 heavy (non-hydrogen) atoms. The molecule has 4 aromatic rings. The molecule has 0 spiro atoms. The molecule has 6 rings (SSSR count). The Kier molecular flexibility index (Phi) is 7.14. The number of nitrogens with one attached hydrogen (secondary N) is 1. The van der Waals surface area contributed by atoms with Crippen molar-refractivity contribution in [1.29, 1.82) is 0 Å². The number of hydrogen-bond donors (Lipinski definition) is 1. The van der Waals surface area contributed by atoms with E-state index in [1.165, 1.54) is 11.3 Å². The van der Waals surface area contributed by atoms with Gasteiger partial charge in [0.05, 0.1) is 20.8 Å². The van der Waals surface area contributed by atoms with Crippen molar-refractivity contribution >= 4 is 44.3 Å². The molecule has 9 nitrogen and oxygen atoms in total. The van der Waals surface area contributed by atoms with E-state index in [1.807, 2.05) is 47.4 Å². The second kappa shape index (κ2) is 10.7. The average molecular weight is 580 g/mol. The molecule has 0 unspecified atom stereocenters. The Morgan fingerprint density at radius 3 is 2.67 bits per heavy atom. The fraction of sp³-hybridized carbons (Fsp3) is 0.379. The summed E-state index contributed by atoms with van der Waals surface area (Å²) in [5.74, 6) is 1.77. The summed E-state index contributed by atoms with van der Waals surface area (Å²) in [7, 11) is 3.18. The molecule has 11 heteroatoms.